The molecule has 1 aromatic carbocycles. The van der Waals surface area contributed by atoms with Gasteiger partial charge in [-0.25, -0.2) is 24.3 Å². The molecule has 3 aromatic heterocycles. The predicted molar refractivity (Wildman–Crippen MR) is 101 cm³/mol. The third kappa shape index (κ3) is 2.56. The summed E-state index contributed by atoms with van der Waals surface area (Å²) in [7, 11) is 0. The zero-order valence-corrected chi connectivity index (χ0v) is 14.6. The quantitative estimate of drug-likeness (QED) is 0.525. The maximum absolute atomic E-state index is 13.9. The minimum Gasteiger partial charge on any atom is -0.355 e. The molecule has 0 radical (unpaired) electrons. The number of hydrogen-bond acceptors (Lipinski definition) is 5. The third-order valence-electron chi connectivity index (χ3n) is 5.15. The largest absolute Gasteiger partial charge is 0.355 e. The molecule has 5 rings (SSSR count). The molecule has 1 fully saturated rings. The van der Waals surface area contributed by atoms with E-state index in [2.05, 4.69) is 36.4 Å². The molecule has 8 heteroatoms. The van der Waals surface area contributed by atoms with Crippen LogP contribution < -0.4 is 5.32 Å². The maximum atomic E-state index is 13.9. The molecule has 0 saturated heterocycles. The van der Waals surface area contributed by atoms with Gasteiger partial charge in [-0.05, 0) is 37.5 Å². The van der Waals surface area contributed by atoms with Gasteiger partial charge in [-0.1, -0.05) is 6.08 Å². The number of halogens is 1. The van der Waals surface area contributed by atoms with E-state index < -0.39 is 0 Å². The number of nitrogens with zero attached hydrogens (tertiary/aromatic N) is 5. The molecular formula is C19H18FN7. The van der Waals surface area contributed by atoms with Crippen LogP contribution in [0.2, 0.25) is 0 Å². The Morgan fingerprint density at radius 2 is 2.19 bits per heavy atom. The van der Waals surface area contributed by atoms with Crippen molar-refractivity contribution < 1.29 is 4.39 Å². The highest BCUT2D eigenvalue weighted by Gasteiger charge is 2.28. The van der Waals surface area contributed by atoms with Gasteiger partial charge in [0.25, 0.3) is 0 Å². The average Bonchev–Trinajstić information content (AvgIpc) is 3.24. The second kappa shape index (κ2) is 6.15. The summed E-state index contributed by atoms with van der Waals surface area (Å²) in [6, 6.07) is 4.76. The summed E-state index contributed by atoms with van der Waals surface area (Å²) in [5.74, 6) is 1.18. The first-order chi connectivity index (χ1) is 13.2. The first-order valence-electron chi connectivity index (χ1n) is 8.95. The fraction of sp³-hybridized carbons (Fsp3) is 0.263. The summed E-state index contributed by atoms with van der Waals surface area (Å²) in [6.07, 6.45) is 8.15. The van der Waals surface area contributed by atoms with Crippen LogP contribution in [0.15, 0.2) is 43.5 Å². The van der Waals surface area contributed by atoms with Crippen molar-refractivity contribution in [2.45, 2.75) is 31.3 Å². The topological polar surface area (TPSA) is 84.3 Å². The summed E-state index contributed by atoms with van der Waals surface area (Å²) in [5.41, 5.74) is 2.91. The fourth-order valence-electron chi connectivity index (χ4n) is 3.58. The van der Waals surface area contributed by atoms with Gasteiger partial charge in [0.2, 0.25) is 0 Å². The summed E-state index contributed by atoms with van der Waals surface area (Å²) in [4.78, 5) is 20.5. The molecule has 0 amide bonds. The Morgan fingerprint density at radius 3 is 2.96 bits per heavy atom. The minimum absolute atomic E-state index is 0.257. The molecule has 2 N–H and O–H groups in total. The van der Waals surface area contributed by atoms with E-state index in [4.69, 9.17) is 4.98 Å². The van der Waals surface area contributed by atoms with Crippen molar-refractivity contribution in [3.05, 3.63) is 55.2 Å². The molecule has 3 heterocycles. The Labute approximate surface area is 154 Å². The van der Waals surface area contributed by atoms with E-state index in [1.54, 1.807) is 24.5 Å². The number of hydrogen-bond donors (Lipinski definition) is 2. The third-order valence-corrected chi connectivity index (χ3v) is 5.15. The normalized spacial score (nSPS) is 15.7. The van der Waals surface area contributed by atoms with Gasteiger partial charge in [0.05, 0.1) is 17.4 Å². The van der Waals surface area contributed by atoms with Crippen LogP contribution in [0.5, 0.6) is 0 Å². The van der Waals surface area contributed by atoms with Crippen molar-refractivity contribution in [2.75, 3.05) is 5.32 Å². The second-order valence-corrected chi connectivity index (χ2v) is 6.74. The Hall–Kier alpha value is -3.29. The highest BCUT2D eigenvalue weighted by molar-refractivity contribution is 5.82. The molecule has 1 aliphatic rings. The van der Waals surface area contributed by atoms with E-state index in [9.17, 15) is 4.39 Å². The van der Waals surface area contributed by atoms with Crippen molar-refractivity contribution in [1.82, 2.24) is 29.5 Å². The first kappa shape index (κ1) is 15.9. The van der Waals surface area contributed by atoms with Gasteiger partial charge in [0.15, 0.2) is 11.5 Å². The van der Waals surface area contributed by atoms with Crippen LogP contribution in [-0.2, 0) is 0 Å². The molecule has 0 aliphatic heterocycles. The van der Waals surface area contributed by atoms with Gasteiger partial charge in [0, 0.05) is 6.04 Å². The smallest absolute Gasteiger partial charge is 0.182 e. The number of nitrogens with one attached hydrogen (secondary N) is 2. The Morgan fingerprint density at radius 1 is 1.30 bits per heavy atom. The van der Waals surface area contributed by atoms with Gasteiger partial charge in [-0.15, -0.1) is 6.58 Å². The van der Waals surface area contributed by atoms with Crippen LogP contribution in [0, 0.1) is 5.82 Å². The lowest BCUT2D eigenvalue weighted by atomic mass is 9.92. The molecule has 1 atom stereocenters. The predicted octanol–water partition coefficient (Wildman–Crippen LogP) is 3.91. The number of H-pyrrole nitrogens is 1. The van der Waals surface area contributed by atoms with Gasteiger partial charge in [-0.2, -0.15) is 0 Å². The summed E-state index contributed by atoms with van der Waals surface area (Å²) < 4.78 is 16.0. The fourth-order valence-corrected chi connectivity index (χ4v) is 3.58. The highest BCUT2D eigenvalue weighted by atomic mass is 19.1. The average molecular weight is 363 g/mol. The summed E-state index contributed by atoms with van der Waals surface area (Å²) in [6.45, 7) is 3.97. The van der Waals surface area contributed by atoms with E-state index >= 15 is 0 Å². The maximum Gasteiger partial charge on any atom is 0.182 e. The van der Waals surface area contributed by atoms with Crippen molar-refractivity contribution >= 4 is 28.0 Å². The molecule has 7 nitrogen and oxygen atoms in total. The lowest BCUT2D eigenvalue weighted by Gasteiger charge is -2.30. The Bertz CT molecular complexity index is 1140. The number of benzene rings is 1. The minimum atomic E-state index is -0.289. The number of aromatic nitrogens is 6. The van der Waals surface area contributed by atoms with Crippen LogP contribution in [-0.4, -0.2) is 29.5 Å². The Kier molecular flexibility index (Phi) is 3.63. The number of fused-ring (bicyclic) bond motifs is 2. The molecule has 0 bridgehead atoms. The molecular weight excluding hydrogens is 345 g/mol. The Balaban J connectivity index is 1.62. The molecule has 0 spiro atoms. The van der Waals surface area contributed by atoms with E-state index in [1.165, 1.54) is 18.8 Å². The lowest BCUT2D eigenvalue weighted by molar-refractivity contribution is 0.312. The van der Waals surface area contributed by atoms with Crippen LogP contribution in [0.1, 0.15) is 37.2 Å². The number of rotatable bonds is 5. The summed E-state index contributed by atoms with van der Waals surface area (Å²) >= 11 is 0. The molecule has 1 saturated carbocycles. The van der Waals surface area contributed by atoms with Crippen LogP contribution in [0.25, 0.3) is 22.2 Å². The van der Waals surface area contributed by atoms with Crippen molar-refractivity contribution in [3.63, 3.8) is 0 Å². The van der Waals surface area contributed by atoms with Gasteiger partial charge >= 0.3 is 0 Å². The molecule has 1 aliphatic carbocycles. The highest BCUT2D eigenvalue weighted by Crippen LogP contribution is 2.38. The molecule has 1 unspecified atom stereocenters. The van der Waals surface area contributed by atoms with E-state index in [-0.39, 0.29) is 11.9 Å². The standard InChI is InChI=1S/C19H18FN7/c1-2-13(25-18-16-17(22-9-21-16)23-10-24-18)19-26-14-7-6-11(20)8-15(14)27(19)12-4-3-5-12/h2,6-10,12-13H,1,3-5H2,(H2,21,22,23,24,25). The summed E-state index contributed by atoms with van der Waals surface area (Å²) in [5, 5.41) is 3.38. The van der Waals surface area contributed by atoms with Crippen molar-refractivity contribution in [2.24, 2.45) is 0 Å². The number of anilines is 1. The molecule has 136 valence electrons. The lowest BCUT2D eigenvalue weighted by Crippen LogP contribution is -2.23. The molecule has 27 heavy (non-hydrogen) atoms. The van der Waals surface area contributed by atoms with Crippen LogP contribution >= 0.6 is 0 Å². The monoisotopic (exact) mass is 363 g/mol. The van der Waals surface area contributed by atoms with Crippen molar-refractivity contribution in [1.29, 1.82) is 0 Å². The van der Waals surface area contributed by atoms with E-state index in [1.807, 2.05) is 0 Å². The van der Waals surface area contributed by atoms with Gasteiger partial charge < -0.3 is 14.9 Å². The number of aromatic amines is 1. The SMILES string of the molecule is C=CC(Nc1ncnc2nc[nH]c12)c1nc2ccc(F)cc2n1C1CCC1. The zero-order valence-electron chi connectivity index (χ0n) is 14.6. The second-order valence-electron chi connectivity index (χ2n) is 6.74. The van der Waals surface area contributed by atoms with Crippen LogP contribution in [0.4, 0.5) is 10.2 Å². The zero-order chi connectivity index (χ0) is 18.4. The van der Waals surface area contributed by atoms with Crippen molar-refractivity contribution in [3.8, 4) is 0 Å². The number of imidazole rings is 2. The van der Waals surface area contributed by atoms with Crippen LogP contribution in [0.3, 0.4) is 0 Å². The van der Waals surface area contributed by atoms with Gasteiger partial charge in [0.1, 0.15) is 29.5 Å². The van der Waals surface area contributed by atoms with E-state index in [0.717, 1.165) is 35.2 Å². The van der Waals surface area contributed by atoms with Gasteiger partial charge in [-0.3, -0.25) is 0 Å². The molecule has 4 aromatic rings. The van der Waals surface area contributed by atoms with E-state index in [0.29, 0.717) is 17.5 Å². The first-order valence-corrected chi connectivity index (χ1v) is 8.95.